The molecule has 14 heavy (non-hydrogen) atoms. The van der Waals surface area contributed by atoms with Crippen LogP contribution in [0.5, 0.6) is 0 Å². The van der Waals surface area contributed by atoms with Crippen LogP contribution in [0.2, 0.25) is 0 Å². The van der Waals surface area contributed by atoms with E-state index in [-0.39, 0.29) is 18.0 Å². The third-order valence-corrected chi connectivity index (χ3v) is 2.72. The Hall–Kier alpha value is -0.490. The van der Waals surface area contributed by atoms with Crippen molar-refractivity contribution in [2.75, 3.05) is 6.61 Å². The van der Waals surface area contributed by atoms with Gasteiger partial charge in [0.2, 0.25) is 12.1 Å². The zero-order valence-electron chi connectivity index (χ0n) is 8.06. The van der Waals surface area contributed by atoms with Crippen LogP contribution in [-0.4, -0.2) is 42.8 Å². The Labute approximate surface area is 81.3 Å². The number of hydrogen-bond acceptors (Lipinski definition) is 5. The number of carbonyl (C=O) groups excluding carboxylic acids is 1. The molecule has 3 rings (SSSR count). The van der Waals surface area contributed by atoms with Crippen molar-refractivity contribution < 1.29 is 23.7 Å². The summed E-state index contributed by atoms with van der Waals surface area (Å²) in [4.78, 5) is 11.7. The lowest BCUT2D eigenvalue weighted by Gasteiger charge is -2.25. The fourth-order valence-corrected chi connectivity index (χ4v) is 2.16. The van der Waals surface area contributed by atoms with E-state index in [1.165, 1.54) is 0 Å². The highest BCUT2D eigenvalue weighted by molar-refractivity contribution is 5.88. The van der Waals surface area contributed by atoms with Gasteiger partial charge in [-0.05, 0) is 13.8 Å². The molecule has 2 bridgehead atoms. The van der Waals surface area contributed by atoms with E-state index in [9.17, 15) is 4.79 Å². The Morgan fingerprint density at radius 2 is 2.14 bits per heavy atom. The van der Waals surface area contributed by atoms with Gasteiger partial charge in [-0.15, -0.1) is 0 Å². The second kappa shape index (κ2) is 2.55. The van der Waals surface area contributed by atoms with Crippen molar-refractivity contribution in [3.8, 4) is 0 Å². The van der Waals surface area contributed by atoms with Gasteiger partial charge < -0.3 is 18.9 Å². The summed E-state index contributed by atoms with van der Waals surface area (Å²) in [6.07, 6.45) is -1.73. The predicted octanol–water partition coefficient (Wildman–Crippen LogP) is -0.169. The van der Waals surface area contributed by atoms with Gasteiger partial charge in [-0.1, -0.05) is 0 Å². The molecule has 0 spiro atoms. The SMILES string of the molecule is CC1(C)O[C@@H]2[C@H](O1)C(=O)[C@@H]1OC[C@H]2O1. The molecule has 5 heteroatoms. The minimum Gasteiger partial charge on any atom is -0.343 e. The zero-order chi connectivity index (χ0) is 9.92. The molecular weight excluding hydrogens is 188 g/mol. The van der Waals surface area contributed by atoms with Crippen LogP contribution in [-0.2, 0) is 23.7 Å². The maximum Gasteiger partial charge on any atom is 0.221 e. The van der Waals surface area contributed by atoms with Crippen molar-refractivity contribution in [2.24, 2.45) is 0 Å². The Kier molecular flexibility index (Phi) is 1.60. The second-order valence-corrected chi connectivity index (χ2v) is 4.26. The molecule has 0 amide bonds. The van der Waals surface area contributed by atoms with Gasteiger partial charge in [0, 0.05) is 0 Å². The zero-order valence-corrected chi connectivity index (χ0v) is 8.06. The van der Waals surface area contributed by atoms with Crippen LogP contribution in [0.1, 0.15) is 13.8 Å². The van der Waals surface area contributed by atoms with Crippen molar-refractivity contribution in [3.05, 3.63) is 0 Å². The number of fused-ring (bicyclic) bond motifs is 4. The average Bonchev–Trinajstić information content (AvgIpc) is 2.64. The van der Waals surface area contributed by atoms with Gasteiger partial charge in [0.1, 0.15) is 12.2 Å². The molecule has 3 aliphatic heterocycles. The first-order valence-electron chi connectivity index (χ1n) is 4.73. The first-order valence-corrected chi connectivity index (χ1v) is 4.73. The summed E-state index contributed by atoms with van der Waals surface area (Å²) in [5.41, 5.74) is 0. The summed E-state index contributed by atoms with van der Waals surface area (Å²) in [5, 5.41) is 0. The molecule has 3 fully saturated rings. The molecule has 0 N–H and O–H groups in total. The lowest BCUT2D eigenvalue weighted by atomic mass is 10.0. The lowest BCUT2D eigenvalue weighted by Crippen LogP contribution is -2.49. The van der Waals surface area contributed by atoms with Crippen molar-refractivity contribution in [3.63, 3.8) is 0 Å². The Morgan fingerprint density at radius 3 is 2.93 bits per heavy atom. The van der Waals surface area contributed by atoms with E-state index in [0.29, 0.717) is 6.61 Å². The van der Waals surface area contributed by atoms with Gasteiger partial charge in [-0.2, -0.15) is 0 Å². The molecule has 0 aromatic heterocycles. The topological polar surface area (TPSA) is 54.0 Å². The minimum atomic E-state index is -0.737. The Balaban J connectivity index is 1.92. The molecule has 4 atom stereocenters. The highest BCUT2D eigenvalue weighted by Gasteiger charge is 2.58. The standard InChI is InChI=1S/C9H12O5/c1-9(2)13-6-4-3-11-8(12-4)5(10)7(6)14-9/h4,6-8H,3H2,1-2H3/t4-,6+,7-,8-/m1/s1. The minimum absolute atomic E-state index is 0.158. The van der Waals surface area contributed by atoms with Crippen LogP contribution in [0, 0.1) is 0 Å². The molecule has 0 saturated carbocycles. The first-order chi connectivity index (χ1) is 6.57. The van der Waals surface area contributed by atoms with E-state index in [4.69, 9.17) is 18.9 Å². The number of hydrogen-bond donors (Lipinski definition) is 0. The smallest absolute Gasteiger partial charge is 0.221 e. The molecule has 3 saturated heterocycles. The summed E-state index contributed by atoms with van der Waals surface area (Å²) >= 11 is 0. The van der Waals surface area contributed by atoms with E-state index in [1.54, 1.807) is 13.8 Å². The summed E-state index contributed by atoms with van der Waals surface area (Å²) < 4.78 is 21.6. The van der Waals surface area contributed by atoms with E-state index >= 15 is 0 Å². The van der Waals surface area contributed by atoms with Gasteiger partial charge in [0.05, 0.1) is 6.61 Å². The molecule has 3 aliphatic rings. The van der Waals surface area contributed by atoms with Gasteiger partial charge in [-0.3, -0.25) is 4.79 Å². The molecule has 5 nitrogen and oxygen atoms in total. The molecule has 0 aromatic rings. The third kappa shape index (κ3) is 1.07. The van der Waals surface area contributed by atoms with E-state index in [1.807, 2.05) is 0 Å². The van der Waals surface area contributed by atoms with Gasteiger partial charge in [0.15, 0.2) is 11.9 Å². The first kappa shape index (κ1) is 8.79. The quantitative estimate of drug-likeness (QED) is 0.543. The molecular formula is C9H12O5. The molecule has 0 radical (unpaired) electrons. The number of rotatable bonds is 0. The second-order valence-electron chi connectivity index (χ2n) is 4.26. The van der Waals surface area contributed by atoms with Crippen molar-refractivity contribution in [1.82, 2.24) is 0 Å². The predicted molar refractivity (Wildman–Crippen MR) is 43.4 cm³/mol. The van der Waals surface area contributed by atoms with Gasteiger partial charge in [-0.25, -0.2) is 0 Å². The molecule has 0 aromatic carbocycles. The van der Waals surface area contributed by atoms with Crippen LogP contribution in [0.3, 0.4) is 0 Å². The lowest BCUT2D eigenvalue weighted by molar-refractivity contribution is -0.169. The fourth-order valence-electron chi connectivity index (χ4n) is 2.16. The highest BCUT2D eigenvalue weighted by atomic mass is 16.8. The summed E-state index contributed by atoms with van der Waals surface area (Å²) in [6.45, 7) is 4.01. The maximum absolute atomic E-state index is 11.7. The van der Waals surface area contributed by atoms with Crippen LogP contribution in [0.4, 0.5) is 0 Å². The van der Waals surface area contributed by atoms with Crippen LogP contribution < -0.4 is 0 Å². The average molecular weight is 200 g/mol. The normalized spacial score (nSPS) is 49.4. The molecule has 78 valence electrons. The summed E-state index contributed by atoms with van der Waals surface area (Å²) in [6, 6.07) is 0. The largest absolute Gasteiger partial charge is 0.343 e. The maximum atomic E-state index is 11.7. The van der Waals surface area contributed by atoms with Crippen LogP contribution in [0.15, 0.2) is 0 Å². The van der Waals surface area contributed by atoms with E-state index in [0.717, 1.165) is 0 Å². The van der Waals surface area contributed by atoms with Crippen molar-refractivity contribution >= 4 is 5.78 Å². The molecule has 0 aliphatic carbocycles. The van der Waals surface area contributed by atoms with Crippen LogP contribution in [0.25, 0.3) is 0 Å². The van der Waals surface area contributed by atoms with Crippen molar-refractivity contribution in [1.29, 1.82) is 0 Å². The number of ketones is 1. The fraction of sp³-hybridized carbons (Fsp3) is 0.889. The molecule has 0 unspecified atom stereocenters. The van der Waals surface area contributed by atoms with Crippen LogP contribution >= 0.6 is 0 Å². The number of Topliss-reactive ketones (excluding diaryl/α,β-unsaturated/α-hetero) is 1. The molecule has 3 heterocycles. The van der Waals surface area contributed by atoms with E-state index < -0.39 is 18.2 Å². The monoisotopic (exact) mass is 200 g/mol. The highest BCUT2D eigenvalue weighted by Crippen LogP contribution is 2.38. The van der Waals surface area contributed by atoms with E-state index in [2.05, 4.69) is 0 Å². The number of carbonyl (C=O) groups is 1. The Morgan fingerprint density at radius 1 is 1.36 bits per heavy atom. The van der Waals surface area contributed by atoms with Gasteiger partial charge >= 0.3 is 0 Å². The summed E-state index contributed by atoms with van der Waals surface area (Å²) in [5.74, 6) is -0.854. The van der Waals surface area contributed by atoms with Gasteiger partial charge in [0.25, 0.3) is 0 Å². The summed E-state index contributed by atoms with van der Waals surface area (Å²) in [7, 11) is 0. The third-order valence-electron chi connectivity index (χ3n) is 2.72. The Bertz CT molecular complexity index is 287. The number of ether oxygens (including phenoxy) is 4. The van der Waals surface area contributed by atoms with Crippen molar-refractivity contribution in [2.45, 2.75) is 44.2 Å².